The van der Waals surface area contributed by atoms with Crippen molar-refractivity contribution in [3.63, 3.8) is 0 Å². The van der Waals surface area contributed by atoms with Crippen molar-refractivity contribution in [2.45, 2.75) is 13.0 Å². The van der Waals surface area contributed by atoms with Crippen LogP contribution in [0.1, 0.15) is 26.5 Å². The highest BCUT2D eigenvalue weighted by molar-refractivity contribution is 5.98. The molecule has 8 nitrogen and oxygen atoms in total. The normalized spacial score (nSPS) is 18.4. The minimum atomic E-state index is -0.270. The van der Waals surface area contributed by atoms with Gasteiger partial charge in [0, 0.05) is 38.2 Å². The molecule has 27 heavy (non-hydrogen) atoms. The third-order valence-corrected chi connectivity index (χ3v) is 5.03. The summed E-state index contributed by atoms with van der Waals surface area (Å²) in [6.07, 6.45) is 0.822. The van der Waals surface area contributed by atoms with Gasteiger partial charge in [0.15, 0.2) is 5.69 Å². The van der Waals surface area contributed by atoms with Gasteiger partial charge in [-0.15, -0.1) is 0 Å². The van der Waals surface area contributed by atoms with Crippen molar-refractivity contribution in [3.05, 3.63) is 41.2 Å². The van der Waals surface area contributed by atoms with E-state index in [2.05, 4.69) is 10.4 Å². The van der Waals surface area contributed by atoms with Crippen molar-refractivity contribution in [2.24, 2.45) is 5.92 Å². The molecule has 0 bridgehead atoms. The number of fused-ring (bicyclic) bond motifs is 2. The summed E-state index contributed by atoms with van der Waals surface area (Å²) >= 11 is 0. The van der Waals surface area contributed by atoms with Crippen LogP contribution in [0.3, 0.4) is 0 Å². The second kappa shape index (κ2) is 6.94. The molecular weight excluding hydrogens is 348 g/mol. The number of carbonyl (C=O) groups is 2. The fourth-order valence-corrected chi connectivity index (χ4v) is 3.41. The molecule has 0 spiro atoms. The first-order chi connectivity index (χ1) is 13.0. The highest BCUT2D eigenvalue weighted by Crippen LogP contribution is 2.30. The second-order valence-corrected chi connectivity index (χ2v) is 6.93. The quantitative estimate of drug-likeness (QED) is 0.866. The van der Waals surface area contributed by atoms with E-state index in [1.54, 1.807) is 29.8 Å². The van der Waals surface area contributed by atoms with Crippen molar-refractivity contribution in [2.75, 3.05) is 33.9 Å². The number of aromatic nitrogens is 2. The zero-order chi connectivity index (χ0) is 19.0. The molecule has 2 aromatic rings. The first-order valence-corrected chi connectivity index (χ1v) is 8.96. The Morgan fingerprint density at radius 2 is 2.22 bits per heavy atom. The zero-order valence-corrected chi connectivity index (χ0v) is 15.4. The largest absolute Gasteiger partial charge is 0.497 e. The molecule has 0 aliphatic carbocycles. The van der Waals surface area contributed by atoms with Gasteiger partial charge in [-0.2, -0.15) is 5.10 Å². The molecule has 0 fully saturated rings. The van der Waals surface area contributed by atoms with Crippen molar-refractivity contribution in [3.8, 4) is 11.5 Å². The summed E-state index contributed by atoms with van der Waals surface area (Å²) < 4.78 is 12.6. The Bertz CT molecular complexity index is 892. The number of ether oxygens (including phenoxy) is 2. The third-order valence-electron chi connectivity index (χ3n) is 5.03. The Hall–Kier alpha value is -3.03. The number of rotatable bonds is 4. The van der Waals surface area contributed by atoms with E-state index in [1.165, 1.54) is 0 Å². The molecule has 142 valence electrons. The highest BCUT2D eigenvalue weighted by Gasteiger charge is 2.26. The molecular formula is C19H22N4O4. The molecule has 1 atom stereocenters. The van der Waals surface area contributed by atoms with Gasteiger partial charge < -0.3 is 19.7 Å². The van der Waals surface area contributed by atoms with Gasteiger partial charge in [-0.3, -0.25) is 14.3 Å². The lowest BCUT2D eigenvalue weighted by atomic mass is 9.96. The smallest absolute Gasteiger partial charge is 0.271 e. The van der Waals surface area contributed by atoms with Crippen LogP contribution in [0.25, 0.3) is 0 Å². The summed E-state index contributed by atoms with van der Waals surface area (Å²) in [6.45, 7) is 2.21. The Balaban J connectivity index is 1.37. The average Bonchev–Trinajstić information content (AvgIpc) is 3.13. The lowest BCUT2D eigenvalue weighted by Crippen LogP contribution is -2.37. The van der Waals surface area contributed by atoms with Crippen LogP contribution >= 0.6 is 0 Å². The van der Waals surface area contributed by atoms with Crippen LogP contribution in [0, 0.1) is 5.92 Å². The number of nitrogens with zero attached hydrogens (tertiary/aromatic N) is 3. The molecule has 2 aliphatic heterocycles. The van der Waals surface area contributed by atoms with Crippen LogP contribution < -0.4 is 14.8 Å². The topological polar surface area (TPSA) is 85.7 Å². The van der Waals surface area contributed by atoms with Crippen LogP contribution in [-0.4, -0.2) is 60.3 Å². The summed E-state index contributed by atoms with van der Waals surface area (Å²) in [5.41, 5.74) is 1.83. The minimum absolute atomic E-state index is 0.111. The van der Waals surface area contributed by atoms with E-state index in [0.29, 0.717) is 31.9 Å². The van der Waals surface area contributed by atoms with Crippen LogP contribution in [0.4, 0.5) is 0 Å². The van der Waals surface area contributed by atoms with Crippen LogP contribution in [0.5, 0.6) is 11.5 Å². The van der Waals surface area contributed by atoms with Crippen molar-refractivity contribution >= 4 is 11.8 Å². The van der Waals surface area contributed by atoms with E-state index in [4.69, 9.17) is 9.47 Å². The maximum atomic E-state index is 12.5. The standard InChI is InChI=1S/C19H22N4O4/c1-22-5-6-23-16(19(22)25)9-15(21-23)18(24)20-10-12-7-13-3-4-14(26-2)8-17(13)27-11-12/h3-4,8-9,12H,5-7,10-11H2,1-2H3,(H,20,24). The van der Waals surface area contributed by atoms with E-state index < -0.39 is 0 Å². The van der Waals surface area contributed by atoms with Gasteiger partial charge in [0.25, 0.3) is 11.8 Å². The lowest BCUT2D eigenvalue weighted by molar-refractivity contribution is 0.0742. The summed E-state index contributed by atoms with van der Waals surface area (Å²) in [7, 11) is 3.37. The Morgan fingerprint density at radius 3 is 3.04 bits per heavy atom. The van der Waals surface area contributed by atoms with E-state index in [0.717, 1.165) is 23.5 Å². The number of hydrogen-bond donors (Lipinski definition) is 1. The number of likely N-dealkylation sites (N-methyl/N-ethyl adjacent to an activating group) is 1. The molecule has 1 N–H and O–H groups in total. The van der Waals surface area contributed by atoms with Crippen molar-refractivity contribution in [1.82, 2.24) is 20.0 Å². The first-order valence-electron chi connectivity index (χ1n) is 8.96. The first kappa shape index (κ1) is 17.4. The highest BCUT2D eigenvalue weighted by atomic mass is 16.5. The maximum absolute atomic E-state index is 12.5. The van der Waals surface area contributed by atoms with E-state index in [1.807, 2.05) is 18.2 Å². The second-order valence-electron chi connectivity index (χ2n) is 6.93. The molecule has 1 unspecified atom stereocenters. The summed E-state index contributed by atoms with van der Waals surface area (Å²) in [4.78, 5) is 26.2. The van der Waals surface area contributed by atoms with Gasteiger partial charge in [-0.05, 0) is 18.1 Å². The third kappa shape index (κ3) is 3.34. The molecule has 8 heteroatoms. The summed E-state index contributed by atoms with van der Waals surface area (Å²) in [5.74, 6) is 1.40. The van der Waals surface area contributed by atoms with Gasteiger partial charge >= 0.3 is 0 Å². The lowest BCUT2D eigenvalue weighted by Gasteiger charge is -2.25. The number of nitrogens with one attached hydrogen (secondary N) is 1. The van der Waals surface area contributed by atoms with Gasteiger partial charge in [0.2, 0.25) is 0 Å². The maximum Gasteiger partial charge on any atom is 0.271 e. The Labute approximate surface area is 157 Å². The number of hydrogen-bond acceptors (Lipinski definition) is 5. The number of benzene rings is 1. The Kier molecular flexibility index (Phi) is 4.47. The van der Waals surface area contributed by atoms with Crippen LogP contribution in [0.2, 0.25) is 0 Å². The van der Waals surface area contributed by atoms with Crippen LogP contribution in [0.15, 0.2) is 24.3 Å². The molecule has 2 aliphatic rings. The van der Waals surface area contributed by atoms with Gasteiger partial charge in [-0.25, -0.2) is 0 Å². The number of methoxy groups -OCH3 is 1. The zero-order valence-electron chi connectivity index (χ0n) is 15.4. The van der Waals surface area contributed by atoms with Gasteiger partial charge in [0.1, 0.15) is 17.2 Å². The monoisotopic (exact) mass is 370 g/mol. The number of carbonyl (C=O) groups excluding carboxylic acids is 2. The molecule has 0 saturated carbocycles. The molecule has 2 amide bonds. The number of amides is 2. The van der Waals surface area contributed by atoms with E-state index in [9.17, 15) is 9.59 Å². The van der Waals surface area contributed by atoms with E-state index in [-0.39, 0.29) is 23.4 Å². The molecule has 1 aromatic carbocycles. The summed E-state index contributed by atoms with van der Waals surface area (Å²) in [6, 6.07) is 7.35. The molecule has 0 radical (unpaired) electrons. The molecule has 0 saturated heterocycles. The SMILES string of the molecule is COc1ccc2c(c1)OCC(CNC(=O)c1cc3n(n1)CCN(C)C3=O)C2. The van der Waals surface area contributed by atoms with E-state index >= 15 is 0 Å². The van der Waals surface area contributed by atoms with Gasteiger partial charge in [0.05, 0.1) is 20.3 Å². The fourth-order valence-electron chi connectivity index (χ4n) is 3.41. The molecule has 1 aromatic heterocycles. The summed E-state index contributed by atoms with van der Waals surface area (Å²) in [5, 5.41) is 7.18. The Morgan fingerprint density at radius 1 is 1.37 bits per heavy atom. The fraction of sp³-hybridized carbons (Fsp3) is 0.421. The molecule has 3 heterocycles. The van der Waals surface area contributed by atoms with Crippen LogP contribution in [-0.2, 0) is 13.0 Å². The average molecular weight is 370 g/mol. The van der Waals surface area contributed by atoms with Crippen molar-refractivity contribution in [1.29, 1.82) is 0 Å². The molecule has 4 rings (SSSR count). The van der Waals surface area contributed by atoms with Gasteiger partial charge in [-0.1, -0.05) is 6.07 Å². The predicted molar refractivity (Wildman–Crippen MR) is 97.2 cm³/mol. The minimum Gasteiger partial charge on any atom is -0.497 e. The predicted octanol–water partition coefficient (Wildman–Crippen LogP) is 0.958. The van der Waals surface area contributed by atoms with Crippen molar-refractivity contribution < 1.29 is 19.1 Å².